The number of hydrogen-bond donors (Lipinski definition) is 0. The van der Waals surface area contributed by atoms with E-state index in [1.165, 1.54) is 30.3 Å². The molecule has 0 fully saturated rings. The molecule has 1 aliphatic rings. The Morgan fingerprint density at radius 2 is 1.70 bits per heavy atom. The number of benzene rings is 2. The molecule has 27 heavy (non-hydrogen) atoms. The average molecular weight is 366 g/mol. The second-order valence-electron chi connectivity index (χ2n) is 6.34. The third-order valence-electron chi connectivity index (χ3n) is 4.54. The molecule has 2 aromatic carbocycles. The molecule has 4 nitrogen and oxygen atoms in total. The average Bonchev–Trinajstić information content (AvgIpc) is 3.11. The first-order valence-electron chi connectivity index (χ1n) is 8.56. The molecule has 1 aromatic heterocycles. The van der Waals surface area contributed by atoms with Gasteiger partial charge in [0.05, 0.1) is 12.2 Å². The van der Waals surface area contributed by atoms with Gasteiger partial charge >= 0.3 is 0 Å². The van der Waals surface area contributed by atoms with Gasteiger partial charge in [-0.05, 0) is 48.0 Å². The summed E-state index contributed by atoms with van der Waals surface area (Å²) < 4.78 is 31.6. The summed E-state index contributed by atoms with van der Waals surface area (Å²) in [6.07, 6.45) is 3.73. The molecule has 4 rings (SSSR count). The fraction of sp³-hybridized carbons (Fsp3) is 0.143. The summed E-state index contributed by atoms with van der Waals surface area (Å²) in [4.78, 5) is 14.2. The lowest BCUT2D eigenvalue weighted by atomic mass is 10.0. The van der Waals surface area contributed by atoms with E-state index >= 15 is 0 Å². The number of fused-ring (bicyclic) bond motifs is 1. The molecule has 1 aliphatic heterocycles. The van der Waals surface area contributed by atoms with Gasteiger partial charge < -0.3 is 9.42 Å². The second kappa shape index (κ2) is 7.15. The van der Waals surface area contributed by atoms with E-state index in [0.29, 0.717) is 25.3 Å². The van der Waals surface area contributed by atoms with Crippen LogP contribution in [0.1, 0.15) is 16.8 Å². The maximum Gasteiger partial charge on any atom is 0.246 e. The van der Waals surface area contributed by atoms with Crippen LogP contribution in [0.15, 0.2) is 59.1 Å². The van der Waals surface area contributed by atoms with Crippen LogP contribution < -0.4 is 0 Å². The van der Waals surface area contributed by atoms with E-state index in [1.54, 1.807) is 35.2 Å². The van der Waals surface area contributed by atoms with Gasteiger partial charge in [-0.15, -0.1) is 0 Å². The van der Waals surface area contributed by atoms with Gasteiger partial charge in [0.1, 0.15) is 11.6 Å². The summed E-state index contributed by atoms with van der Waals surface area (Å²) in [5.74, 6) is -0.223. The number of rotatable bonds is 3. The van der Waals surface area contributed by atoms with Crippen molar-refractivity contribution in [2.45, 2.75) is 13.0 Å². The highest BCUT2D eigenvalue weighted by Crippen LogP contribution is 2.30. The molecule has 0 bridgehead atoms. The van der Waals surface area contributed by atoms with Gasteiger partial charge in [-0.2, -0.15) is 0 Å². The Morgan fingerprint density at radius 3 is 2.41 bits per heavy atom. The van der Waals surface area contributed by atoms with E-state index in [2.05, 4.69) is 5.16 Å². The Labute approximate surface area is 154 Å². The minimum absolute atomic E-state index is 0.142. The third-order valence-corrected chi connectivity index (χ3v) is 4.54. The van der Waals surface area contributed by atoms with E-state index in [9.17, 15) is 13.6 Å². The largest absolute Gasteiger partial charge is 0.356 e. The van der Waals surface area contributed by atoms with Gasteiger partial charge in [-0.25, -0.2) is 8.78 Å². The summed E-state index contributed by atoms with van der Waals surface area (Å²) in [5.41, 5.74) is 3.14. The Kier molecular flexibility index (Phi) is 4.54. The molecule has 2 heterocycles. The zero-order valence-corrected chi connectivity index (χ0v) is 14.4. The summed E-state index contributed by atoms with van der Waals surface area (Å²) in [6, 6.07) is 11.9. The first kappa shape index (κ1) is 17.1. The Balaban J connectivity index is 1.52. The molecule has 0 unspecified atom stereocenters. The van der Waals surface area contributed by atoms with Gasteiger partial charge in [0.25, 0.3) is 0 Å². The Hall–Kier alpha value is -3.28. The molecule has 6 heteroatoms. The molecule has 0 atom stereocenters. The minimum atomic E-state index is -0.324. The van der Waals surface area contributed by atoms with Crippen molar-refractivity contribution in [1.82, 2.24) is 10.1 Å². The lowest BCUT2D eigenvalue weighted by Crippen LogP contribution is -2.34. The standard InChI is InChI=1S/C21H16F2N2O2/c22-16-6-1-14(2-7-16)3-10-20(26)25-12-11-19-18(13-25)21(27-24-19)15-4-8-17(23)9-5-15/h1-10H,11-13H2/b10-3+. The first-order chi connectivity index (χ1) is 13.1. The van der Waals surface area contributed by atoms with E-state index < -0.39 is 0 Å². The van der Waals surface area contributed by atoms with Crippen LogP contribution in [0.5, 0.6) is 0 Å². The maximum absolute atomic E-state index is 13.2. The van der Waals surface area contributed by atoms with Crippen LogP contribution >= 0.6 is 0 Å². The zero-order chi connectivity index (χ0) is 18.8. The van der Waals surface area contributed by atoms with Crippen molar-refractivity contribution in [3.05, 3.63) is 83.1 Å². The molecule has 0 saturated carbocycles. The molecule has 0 N–H and O–H groups in total. The molecule has 0 radical (unpaired) electrons. The van der Waals surface area contributed by atoms with Crippen LogP contribution in [-0.2, 0) is 17.8 Å². The molecule has 136 valence electrons. The lowest BCUT2D eigenvalue weighted by Gasteiger charge is -2.25. The van der Waals surface area contributed by atoms with E-state index in [0.717, 1.165) is 22.4 Å². The van der Waals surface area contributed by atoms with Crippen molar-refractivity contribution in [1.29, 1.82) is 0 Å². The SMILES string of the molecule is O=C(/C=C/c1ccc(F)cc1)N1CCc2noc(-c3ccc(F)cc3)c2C1. The fourth-order valence-corrected chi connectivity index (χ4v) is 3.08. The Bertz CT molecular complexity index is 992. The molecular formula is C21H16F2N2O2. The lowest BCUT2D eigenvalue weighted by molar-refractivity contribution is -0.126. The third kappa shape index (κ3) is 3.65. The van der Waals surface area contributed by atoms with Crippen molar-refractivity contribution in [2.24, 2.45) is 0 Å². The normalized spacial score (nSPS) is 13.8. The van der Waals surface area contributed by atoms with Gasteiger partial charge in [0.2, 0.25) is 5.91 Å². The summed E-state index contributed by atoms with van der Waals surface area (Å²) in [7, 11) is 0. The molecular weight excluding hydrogens is 350 g/mol. The molecule has 0 spiro atoms. The fourth-order valence-electron chi connectivity index (χ4n) is 3.08. The van der Waals surface area contributed by atoms with Crippen molar-refractivity contribution >= 4 is 12.0 Å². The van der Waals surface area contributed by atoms with Crippen LogP contribution in [0, 0.1) is 11.6 Å². The predicted octanol–water partition coefficient (Wildman–Crippen LogP) is 4.22. The number of aromatic nitrogens is 1. The van der Waals surface area contributed by atoms with Crippen molar-refractivity contribution in [3.8, 4) is 11.3 Å². The van der Waals surface area contributed by atoms with Gasteiger partial charge in [-0.3, -0.25) is 4.79 Å². The summed E-state index contributed by atoms with van der Waals surface area (Å²) in [5, 5.41) is 4.09. The topological polar surface area (TPSA) is 46.3 Å². The van der Waals surface area contributed by atoms with Crippen molar-refractivity contribution in [2.75, 3.05) is 6.54 Å². The van der Waals surface area contributed by atoms with Gasteiger partial charge in [0.15, 0.2) is 5.76 Å². The molecule has 3 aromatic rings. The number of hydrogen-bond acceptors (Lipinski definition) is 3. The number of nitrogens with zero attached hydrogens (tertiary/aromatic N) is 2. The summed E-state index contributed by atoms with van der Waals surface area (Å²) in [6.45, 7) is 0.910. The number of carbonyl (C=O) groups is 1. The zero-order valence-electron chi connectivity index (χ0n) is 14.4. The molecule has 0 saturated heterocycles. The van der Waals surface area contributed by atoms with Gasteiger partial charge in [0, 0.05) is 30.2 Å². The van der Waals surface area contributed by atoms with Crippen molar-refractivity contribution in [3.63, 3.8) is 0 Å². The monoisotopic (exact) mass is 366 g/mol. The summed E-state index contributed by atoms with van der Waals surface area (Å²) >= 11 is 0. The van der Waals surface area contributed by atoms with Crippen LogP contribution in [0.4, 0.5) is 8.78 Å². The van der Waals surface area contributed by atoms with E-state index in [-0.39, 0.29) is 17.5 Å². The second-order valence-corrected chi connectivity index (χ2v) is 6.34. The Morgan fingerprint density at radius 1 is 1.04 bits per heavy atom. The maximum atomic E-state index is 13.2. The van der Waals surface area contributed by atoms with Crippen LogP contribution in [0.2, 0.25) is 0 Å². The minimum Gasteiger partial charge on any atom is -0.356 e. The van der Waals surface area contributed by atoms with Gasteiger partial charge in [-0.1, -0.05) is 17.3 Å². The molecule has 0 aliphatic carbocycles. The quantitative estimate of drug-likeness (QED) is 0.652. The smallest absolute Gasteiger partial charge is 0.246 e. The van der Waals surface area contributed by atoms with Crippen LogP contribution in [0.25, 0.3) is 17.4 Å². The number of amides is 1. The highest BCUT2D eigenvalue weighted by atomic mass is 19.1. The highest BCUT2D eigenvalue weighted by Gasteiger charge is 2.26. The van der Waals surface area contributed by atoms with Crippen LogP contribution in [0.3, 0.4) is 0 Å². The number of halogens is 2. The predicted molar refractivity (Wildman–Crippen MR) is 96.5 cm³/mol. The highest BCUT2D eigenvalue weighted by molar-refractivity contribution is 5.92. The first-order valence-corrected chi connectivity index (χ1v) is 8.56. The van der Waals surface area contributed by atoms with Crippen LogP contribution in [-0.4, -0.2) is 22.5 Å². The number of carbonyl (C=O) groups excluding carboxylic acids is 1. The van der Waals surface area contributed by atoms with Crippen molar-refractivity contribution < 1.29 is 18.1 Å². The van der Waals surface area contributed by atoms with E-state index in [4.69, 9.17) is 4.52 Å². The molecule has 1 amide bonds. The van der Waals surface area contributed by atoms with E-state index in [1.807, 2.05) is 0 Å².